The van der Waals surface area contributed by atoms with Crippen LogP contribution in [0, 0.1) is 0 Å². The number of hydrogen-bond acceptors (Lipinski definition) is 10. The number of fused-ring (bicyclic) bond motifs is 1. The van der Waals surface area contributed by atoms with Crippen LogP contribution in [0.15, 0.2) is 42.7 Å². The third-order valence-corrected chi connectivity index (χ3v) is 6.63. The number of amides is 1. The minimum atomic E-state index is -0.0936. The molecule has 0 N–H and O–H groups in total. The first-order chi connectivity index (χ1) is 20.1. The van der Waals surface area contributed by atoms with E-state index in [0.717, 1.165) is 11.4 Å². The van der Waals surface area contributed by atoms with Gasteiger partial charge in [0.05, 0.1) is 32.1 Å². The van der Waals surface area contributed by atoms with Gasteiger partial charge in [0.1, 0.15) is 12.1 Å². The number of carbonyl (C=O) groups is 1. The van der Waals surface area contributed by atoms with Crippen LogP contribution in [0.3, 0.4) is 0 Å². The molecule has 1 saturated heterocycles. The van der Waals surface area contributed by atoms with E-state index in [1.807, 2.05) is 56.9 Å². The fourth-order valence-electron chi connectivity index (χ4n) is 4.81. The number of carbonyl (C=O) groups excluding carboxylic acids is 1. The van der Waals surface area contributed by atoms with Crippen LogP contribution in [-0.2, 0) is 0 Å². The van der Waals surface area contributed by atoms with Crippen molar-refractivity contribution in [1.29, 1.82) is 0 Å². The molecule has 1 aliphatic rings. The van der Waals surface area contributed by atoms with Crippen LogP contribution in [0.4, 0.5) is 5.82 Å². The second-order valence-corrected chi connectivity index (χ2v) is 9.18. The molecule has 2 aromatic heterocycles. The standard InChI is InChI=1S/C29H35N7O5/c1-5-38-22-11-9-21(10-12-22)36-28-25(32-33-36)27(30-19-31-28)34-13-15-35(16-14-34)29(37)20-17-23(39-6-2)26(41-8-4)24(18-20)40-7-3/h9-12,17-19H,5-8,13-16H2,1-4H3. The van der Waals surface area contributed by atoms with Gasteiger partial charge in [-0.15, -0.1) is 5.10 Å². The van der Waals surface area contributed by atoms with Crippen molar-refractivity contribution in [2.75, 3.05) is 57.5 Å². The second-order valence-electron chi connectivity index (χ2n) is 9.18. The Morgan fingerprint density at radius 3 is 2.05 bits per heavy atom. The molecule has 0 spiro atoms. The van der Waals surface area contributed by atoms with Gasteiger partial charge in [-0.2, -0.15) is 4.68 Å². The molecule has 5 rings (SSSR count). The van der Waals surface area contributed by atoms with Crippen molar-refractivity contribution >= 4 is 22.9 Å². The molecule has 1 fully saturated rings. The first-order valence-electron chi connectivity index (χ1n) is 14.0. The SMILES string of the molecule is CCOc1ccc(-n2nnc3c(N4CCN(C(=O)c5cc(OCC)c(OCC)c(OCC)c5)CC4)ncnc32)cc1. The molecule has 0 atom stereocenters. The van der Waals surface area contributed by atoms with Gasteiger partial charge in [-0.25, -0.2) is 9.97 Å². The number of anilines is 1. The summed E-state index contributed by atoms with van der Waals surface area (Å²) in [6.45, 7) is 11.8. The maximum Gasteiger partial charge on any atom is 0.254 e. The van der Waals surface area contributed by atoms with Gasteiger partial charge >= 0.3 is 0 Å². The molecular weight excluding hydrogens is 526 g/mol. The summed E-state index contributed by atoms with van der Waals surface area (Å²) in [6, 6.07) is 11.1. The van der Waals surface area contributed by atoms with Crippen molar-refractivity contribution in [2.45, 2.75) is 27.7 Å². The van der Waals surface area contributed by atoms with Crippen LogP contribution in [-0.4, -0.2) is 88.4 Å². The third kappa shape index (κ3) is 5.81. The van der Waals surface area contributed by atoms with Crippen LogP contribution in [0.1, 0.15) is 38.1 Å². The van der Waals surface area contributed by atoms with Crippen LogP contribution in [0.5, 0.6) is 23.0 Å². The Balaban J connectivity index is 1.33. The number of hydrogen-bond donors (Lipinski definition) is 0. The minimum Gasteiger partial charge on any atom is -0.494 e. The Bertz CT molecular complexity index is 1460. The maximum absolute atomic E-state index is 13.6. The summed E-state index contributed by atoms with van der Waals surface area (Å²) < 4.78 is 24.6. The Kier molecular flexibility index (Phi) is 8.66. The quantitative estimate of drug-likeness (QED) is 0.268. The van der Waals surface area contributed by atoms with Crippen LogP contribution in [0.25, 0.3) is 16.9 Å². The van der Waals surface area contributed by atoms with Crippen LogP contribution >= 0.6 is 0 Å². The van der Waals surface area contributed by atoms with Gasteiger partial charge in [-0.1, -0.05) is 5.21 Å². The van der Waals surface area contributed by atoms with Gasteiger partial charge in [0.2, 0.25) is 5.75 Å². The summed E-state index contributed by atoms with van der Waals surface area (Å²) in [7, 11) is 0. The predicted molar refractivity (Wildman–Crippen MR) is 154 cm³/mol. The zero-order valence-electron chi connectivity index (χ0n) is 23.9. The molecule has 0 bridgehead atoms. The minimum absolute atomic E-state index is 0.0936. The first kappa shape index (κ1) is 27.9. The summed E-state index contributed by atoms with van der Waals surface area (Å²) in [5, 5.41) is 8.75. The van der Waals surface area contributed by atoms with E-state index in [1.165, 1.54) is 6.33 Å². The fraction of sp³-hybridized carbons (Fsp3) is 0.414. The lowest BCUT2D eigenvalue weighted by Gasteiger charge is -2.35. The van der Waals surface area contributed by atoms with E-state index in [-0.39, 0.29) is 5.91 Å². The van der Waals surface area contributed by atoms with Crippen molar-refractivity contribution in [1.82, 2.24) is 29.9 Å². The predicted octanol–water partition coefficient (Wildman–Crippen LogP) is 3.77. The molecule has 0 aliphatic carbocycles. The molecule has 0 radical (unpaired) electrons. The van der Waals surface area contributed by atoms with Gasteiger partial charge in [0.15, 0.2) is 28.5 Å². The number of ether oxygens (including phenoxy) is 4. The number of piperazine rings is 1. The average molecular weight is 562 g/mol. The van der Waals surface area contributed by atoms with Crippen molar-refractivity contribution in [3.05, 3.63) is 48.3 Å². The van der Waals surface area contributed by atoms with Crippen molar-refractivity contribution in [2.24, 2.45) is 0 Å². The lowest BCUT2D eigenvalue weighted by molar-refractivity contribution is 0.0745. The molecule has 12 heteroatoms. The Morgan fingerprint density at radius 2 is 1.44 bits per heavy atom. The Hall–Kier alpha value is -4.61. The van der Waals surface area contributed by atoms with Gasteiger partial charge in [-0.05, 0) is 64.1 Å². The maximum atomic E-state index is 13.6. The second kappa shape index (κ2) is 12.7. The Morgan fingerprint density at radius 1 is 0.805 bits per heavy atom. The van der Waals surface area contributed by atoms with Crippen LogP contribution < -0.4 is 23.8 Å². The Labute approximate surface area is 238 Å². The van der Waals surface area contributed by atoms with Crippen molar-refractivity contribution in [3.63, 3.8) is 0 Å². The molecule has 2 aromatic carbocycles. The summed E-state index contributed by atoms with van der Waals surface area (Å²) in [6.07, 6.45) is 1.52. The number of benzene rings is 2. The fourth-order valence-corrected chi connectivity index (χ4v) is 4.81. The summed E-state index contributed by atoms with van der Waals surface area (Å²) in [5.41, 5.74) is 2.54. The summed E-state index contributed by atoms with van der Waals surface area (Å²) in [4.78, 5) is 26.5. The van der Waals surface area contributed by atoms with E-state index in [4.69, 9.17) is 18.9 Å². The van der Waals surface area contributed by atoms with E-state index < -0.39 is 0 Å². The highest BCUT2D eigenvalue weighted by Gasteiger charge is 2.27. The highest BCUT2D eigenvalue weighted by atomic mass is 16.5. The van der Waals surface area contributed by atoms with Crippen molar-refractivity contribution in [3.8, 4) is 28.7 Å². The highest BCUT2D eigenvalue weighted by Crippen LogP contribution is 2.39. The molecule has 1 aliphatic heterocycles. The molecular formula is C29H35N7O5. The molecule has 3 heterocycles. The highest BCUT2D eigenvalue weighted by molar-refractivity contribution is 5.96. The largest absolute Gasteiger partial charge is 0.494 e. The van der Waals surface area contributed by atoms with E-state index in [0.29, 0.717) is 92.4 Å². The van der Waals surface area contributed by atoms with Crippen molar-refractivity contribution < 1.29 is 23.7 Å². The van der Waals surface area contributed by atoms with E-state index in [2.05, 4.69) is 25.2 Å². The van der Waals surface area contributed by atoms with Crippen LogP contribution in [0.2, 0.25) is 0 Å². The first-order valence-corrected chi connectivity index (χ1v) is 14.0. The lowest BCUT2D eigenvalue weighted by atomic mass is 10.1. The zero-order chi connectivity index (χ0) is 28.8. The number of rotatable bonds is 11. The van der Waals surface area contributed by atoms with E-state index >= 15 is 0 Å². The molecule has 216 valence electrons. The molecule has 41 heavy (non-hydrogen) atoms. The van der Waals surface area contributed by atoms with Gasteiger partial charge in [0.25, 0.3) is 5.91 Å². The zero-order valence-corrected chi connectivity index (χ0v) is 23.9. The lowest BCUT2D eigenvalue weighted by Crippen LogP contribution is -2.49. The molecule has 4 aromatic rings. The number of aromatic nitrogens is 5. The normalized spacial score (nSPS) is 13.4. The molecule has 0 unspecified atom stereocenters. The molecule has 1 amide bonds. The van der Waals surface area contributed by atoms with Gasteiger partial charge < -0.3 is 28.7 Å². The average Bonchev–Trinajstić information content (AvgIpc) is 3.44. The topological polar surface area (TPSA) is 117 Å². The van der Waals surface area contributed by atoms with Gasteiger partial charge in [0, 0.05) is 31.7 Å². The third-order valence-electron chi connectivity index (χ3n) is 6.63. The van der Waals surface area contributed by atoms with E-state index in [1.54, 1.807) is 16.8 Å². The monoisotopic (exact) mass is 561 g/mol. The smallest absolute Gasteiger partial charge is 0.254 e. The molecule has 0 saturated carbocycles. The summed E-state index contributed by atoms with van der Waals surface area (Å²) in [5.74, 6) is 2.91. The number of nitrogens with zero attached hydrogens (tertiary/aromatic N) is 7. The molecule has 12 nitrogen and oxygen atoms in total. The summed E-state index contributed by atoms with van der Waals surface area (Å²) >= 11 is 0. The van der Waals surface area contributed by atoms with Gasteiger partial charge in [-0.3, -0.25) is 4.79 Å². The van der Waals surface area contributed by atoms with E-state index in [9.17, 15) is 4.79 Å².